The summed E-state index contributed by atoms with van der Waals surface area (Å²) in [5.74, 6) is 1.11. The van der Waals surface area contributed by atoms with E-state index in [2.05, 4.69) is 10.4 Å². The Morgan fingerprint density at radius 2 is 1.97 bits per heavy atom. The van der Waals surface area contributed by atoms with Crippen molar-refractivity contribution in [3.8, 4) is 11.5 Å². The molecule has 8 nitrogen and oxygen atoms in total. The third-order valence-electron chi connectivity index (χ3n) is 5.32. The van der Waals surface area contributed by atoms with Crippen LogP contribution >= 0.6 is 0 Å². The number of anilines is 2. The average Bonchev–Trinajstić information content (AvgIpc) is 3.27. The van der Waals surface area contributed by atoms with Gasteiger partial charge in [-0.25, -0.2) is 4.68 Å². The highest BCUT2D eigenvalue weighted by Gasteiger charge is 2.31. The Balaban J connectivity index is 1.72. The van der Waals surface area contributed by atoms with Crippen LogP contribution in [-0.4, -0.2) is 36.2 Å². The zero-order chi connectivity index (χ0) is 23.8. The summed E-state index contributed by atoms with van der Waals surface area (Å²) >= 11 is 0. The number of alkyl halides is 3. The monoisotopic (exact) mass is 464 g/mol. The van der Waals surface area contributed by atoms with Gasteiger partial charge in [0.05, 0.1) is 31.3 Å². The van der Waals surface area contributed by atoms with Crippen LogP contribution in [0.4, 0.5) is 24.7 Å². The molecule has 0 saturated carbocycles. The first-order chi connectivity index (χ1) is 15.7. The van der Waals surface area contributed by atoms with E-state index < -0.39 is 11.7 Å². The summed E-state index contributed by atoms with van der Waals surface area (Å²) in [6.45, 7) is 1.04. The van der Waals surface area contributed by atoms with Gasteiger partial charge in [0.1, 0.15) is 6.10 Å². The first-order valence-corrected chi connectivity index (χ1v) is 10.2. The number of nitrogens with two attached hydrogens (primary N) is 1. The number of nitrogen functional groups attached to an aromatic ring is 1. The maximum Gasteiger partial charge on any atom is 0.416 e. The number of nitrogens with zero attached hydrogens (tertiary/aromatic N) is 2. The Labute approximate surface area is 187 Å². The van der Waals surface area contributed by atoms with Crippen molar-refractivity contribution in [3.63, 3.8) is 0 Å². The van der Waals surface area contributed by atoms with Gasteiger partial charge in [-0.1, -0.05) is 0 Å². The second kappa shape index (κ2) is 8.81. The highest BCUT2D eigenvalue weighted by Crippen LogP contribution is 2.35. The Hall–Kier alpha value is -3.47. The number of hydrogen-bond donors (Lipinski definition) is 2. The summed E-state index contributed by atoms with van der Waals surface area (Å²) in [7, 11) is 2.96. The van der Waals surface area contributed by atoms with Gasteiger partial charge in [0.25, 0.3) is 5.56 Å². The first kappa shape index (κ1) is 22.7. The molecule has 33 heavy (non-hydrogen) atoms. The van der Waals surface area contributed by atoms with Crippen LogP contribution in [0.5, 0.6) is 11.5 Å². The van der Waals surface area contributed by atoms with Gasteiger partial charge in [-0.2, -0.15) is 18.3 Å². The number of aryl methyl sites for hydroxylation is 1. The minimum atomic E-state index is -4.52. The lowest BCUT2D eigenvalue weighted by Gasteiger charge is -2.17. The number of rotatable bonds is 6. The van der Waals surface area contributed by atoms with E-state index in [4.69, 9.17) is 19.9 Å². The molecule has 3 N–H and O–H groups in total. The smallest absolute Gasteiger partial charge is 0.416 e. The molecule has 0 amide bonds. The molecule has 176 valence electrons. The van der Waals surface area contributed by atoms with Gasteiger partial charge in [-0.3, -0.25) is 4.79 Å². The molecule has 0 bridgehead atoms. The molecular formula is C22H23F3N4O4. The molecule has 2 heterocycles. The fourth-order valence-corrected chi connectivity index (χ4v) is 3.69. The Morgan fingerprint density at radius 3 is 2.64 bits per heavy atom. The standard InChI is InChI=1S/C22H23F3N4O4/c1-29-21(30)17-9-18(31-2)19(33-15-3-4-32-11-15)8-16(17)20(28-29)27-10-12-5-13(22(23,24)25)7-14(26)6-12/h5-9,15H,3-4,10-11,26H2,1-2H3,(H,27,28). The molecule has 2 aromatic carbocycles. The van der Waals surface area contributed by atoms with E-state index >= 15 is 0 Å². The molecule has 11 heteroatoms. The van der Waals surface area contributed by atoms with E-state index in [9.17, 15) is 18.0 Å². The lowest BCUT2D eigenvalue weighted by molar-refractivity contribution is -0.137. The number of nitrogens with one attached hydrogen (secondary N) is 1. The topological polar surface area (TPSA) is 101 Å². The largest absolute Gasteiger partial charge is 0.493 e. The third kappa shape index (κ3) is 4.82. The molecule has 1 fully saturated rings. The number of halogens is 3. The van der Waals surface area contributed by atoms with Crippen LogP contribution in [0.1, 0.15) is 17.5 Å². The number of methoxy groups -OCH3 is 1. The maximum atomic E-state index is 13.1. The van der Waals surface area contributed by atoms with Gasteiger partial charge < -0.3 is 25.3 Å². The van der Waals surface area contributed by atoms with Crippen LogP contribution in [0.25, 0.3) is 10.8 Å². The van der Waals surface area contributed by atoms with E-state index in [0.717, 1.165) is 23.2 Å². The fraction of sp³-hybridized carbons (Fsp3) is 0.364. The highest BCUT2D eigenvalue weighted by molar-refractivity contribution is 5.93. The highest BCUT2D eigenvalue weighted by atomic mass is 19.4. The molecule has 1 unspecified atom stereocenters. The summed E-state index contributed by atoms with van der Waals surface area (Å²) < 4.78 is 57.3. The summed E-state index contributed by atoms with van der Waals surface area (Å²) in [5, 5.41) is 8.05. The normalized spacial score (nSPS) is 16.2. The van der Waals surface area contributed by atoms with Crippen LogP contribution in [0.3, 0.4) is 0 Å². The summed E-state index contributed by atoms with van der Waals surface area (Å²) in [4.78, 5) is 12.7. The van der Waals surface area contributed by atoms with Gasteiger partial charge in [0.2, 0.25) is 0 Å². The molecule has 1 atom stereocenters. The number of benzene rings is 2. The van der Waals surface area contributed by atoms with Crippen LogP contribution < -0.4 is 26.1 Å². The zero-order valence-corrected chi connectivity index (χ0v) is 18.0. The third-order valence-corrected chi connectivity index (χ3v) is 5.32. The molecule has 1 saturated heterocycles. The second-order valence-corrected chi connectivity index (χ2v) is 7.74. The average molecular weight is 464 g/mol. The van der Waals surface area contributed by atoms with Crippen molar-refractivity contribution in [1.29, 1.82) is 0 Å². The van der Waals surface area contributed by atoms with Crippen LogP contribution in [0.15, 0.2) is 35.1 Å². The van der Waals surface area contributed by atoms with E-state index in [1.807, 2.05) is 0 Å². The Bertz CT molecular complexity index is 1240. The lowest BCUT2D eigenvalue weighted by Crippen LogP contribution is -2.22. The Kier molecular flexibility index (Phi) is 6.07. The second-order valence-electron chi connectivity index (χ2n) is 7.74. The van der Waals surface area contributed by atoms with Crippen LogP contribution in [0, 0.1) is 0 Å². The van der Waals surface area contributed by atoms with Crippen molar-refractivity contribution < 1.29 is 27.4 Å². The fourth-order valence-electron chi connectivity index (χ4n) is 3.69. The number of aromatic nitrogens is 2. The van der Waals surface area contributed by atoms with Crippen molar-refractivity contribution in [2.45, 2.75) is 25.2 Å². The van der Waals surface area contributed by atoms with E-state index in [-0.39, 0.29) is 23.9 Å². The molecule has 0 spiro atoms. The predicted molar refractivity (Wildman–Crippen MR) is 117 cm³/mol. The number of ether oxygens (including phenoxy) is 3. The minimum absolute atomic E-state index is 0.000825. The summed E-state index contributed by atoms with van der Waals surface area (Å²) in [6.07, 6.45) is -3.95. The maximum absolute atomic E-state index is 13.1. The summed E-state index contributed by atoms with van der Waals surface area (Å²) in [5.41, 5.74) is 4.79. The van der Waals surface area contributed by atoms with Gasteiger partial charge in [-0.15, -0.1) is 0 Å². The van der Waals surface area contributed by atoms with Crippen molar-refractivity contribution in [2.75, 3.05) is 31.4 Å². The van der Waals surface area contributed by atoms with E-state index in [1.54, 1.807) is 12.1 Å². The van der Waals surface area contributed by atoms with Crippen LogP contribution in [0.2, 0.25) is 0 Å². The quantitative estimate of drug-likeness (QED) is 0.540. The predicted octanol–water partition coefficient (Wildman–Crippen LogP) is 3.32. The van der Waals surface area contributed by atoms with Crippen molar-refractivity contribution >= 4 is 22.3 Å². The molecule has 3 aromatic rings. The lowest BCUT2D eigenvalue weighted by atomic mass is 10.1. The van der Waals surface area contributed by atoms with E-state index in [1.165, 1.54) is 20.2 Å². The molecule has 0 radical (unpaired) electrons. The number of hydrogen-bond acceptors (Lipinski definition) is 7. The first-order valence-electron chi connectivity index (χ1n) is 10.2. The number of fused-ring (bicyclic) bond motifs is 1. The van der Waals surface area contributed by atoms with Gasteiger partial charge in [0, 0.05) is 31.1 Å². The van der Waals surface area contributed by atoms with Gasteiger partial charge >= 0.3 is 6.18 Å². The van der Waals surface area contributed by atoms with Gasteiger partial charge in [-0.05, 0) is 35.9 Å². The van der Waals surface area contributed by atoms with Crippen LogP contribution in [-0.2, 0) is 24.5 Å². The SMILES string of the molecule is COc1cc2c(=O)n(C)nc(NCc3cc(N)cc(C(F)(F)F)c3)c2cc1OC1CCOC1. The molecule has 1 aliphatic rings. The molecule has 1 aromatic heterocycles. The van der Waals surface area contributed by atoms with Crippen molar-refractivity contribution in [3.05, 3.63) is 51.8 Å². The van der Waals surface area contributed by atoms with Gasteiger partial charge in [0.15, 0.2) is 17.3 Å². The van der Waals surface area contributed by atoms with E-state index in [0.29, 0.717) is 46.9 Å². The Morgan fingerprint density at radius 1 is 1.21 bits per heavy atom. The zero-order valence-electron chi connectivity index (χ0n) is 18.0. The van der Waals surface area contributed by atoms with Crippen molar-refractivity contribution in [2.24, 2.45) is 7.05 Å². The molecular weight excluding hydrogens is 441 g/mol. The minimum Gasteiger partial charge on any atom is -0.493 e. The molecule has 4 rings (SSSR count). The summed E-state index contributed by atoms with van der Waals surface area (Å²) in [6, 6.07) is 6.56. The van der Waals surface area contributed by atoms with Crippen molar-refractivity contribution in [1.82, 2.24) is 9.78 Å². The molecule has 0 aliphatic carbocycles. The molecule has 1 aliphatic heterocycles.